The Morgan fingerprint density at radius 2 is 1.90 bits per heavy atom. The van der Waals surface area contributed by atoms with Crippen LogP contribution < -0.4 is 20.1 Å². The van der Waals surface area contributed by atoms with Crippen LogP contribution in [0.4, 0.5) is 0 Å². The van der Waals surface area contributed by atoms with E-state index in [-0.39, 0.29) is 12.0 Å². The maximum Gasteiger partial charge on any atom is 0.191 e. The van der Waals surface area contributed by atoms with Crippen molar-refractivity contribution < 1.29 is 14.6 Å². The second-order valence-corrected chi connectivity index (χ2v) is 7.21. The van der Waals surface area contributed by atoms with Crippen molar-refractivity contribution >= 4 is 5.96 Å². The second-order valence-electron chi connectivity index (χ2n) is 7.21. The number of hydrogen-bond donors (Lipinski definition) is 3. The lowest BCUT2D eigenvalue weighted by Crippen LogP contribution is -2.43. The summed E-state index contributed by atoms with van der Waals surface area (Å²) in [5.41, 5.74) is 2.15. The maximum absolute atomic E-state index is 9.44. The molecule has 29 heavy (non-hydrogen) atoms. The third-order valence-corrected chi connectivity index (χ3v) is 5.52. The van der Waals surface area contributed by atoms with Gasteiger partial charge < -0.3 is 25.2 Å². The number of ether oxygens (including phenoxy) is 2. The quantitative estimate of drug-likeness (QED) is 0.265. The zero-order valence-corrected chi connectivity index (χ0v) is 18.8. The highest BCUT2D eigenvalue weighted by atomic mass is 16.5. The molecule has 0 aliphatic rings. The average Bonchev–Trinajstić information content (AvgIpc) is 2.74. The molecule has 0 radical (unpaired) electrons. The largest absolute Gasteiger partial charge is 0.493 e. The fourth-order valence-electron chi connectivity index (χ4n) is 3.47. The molecule has 0 spiro atoms. The van der Waals surface area contributed by atoms with Gasteiger partial charge in [-0.25, -0.2) is 4.99 Å². The van der Waals surface area contributed by atoms with Gasteiger partial charge in [-0.1, -0.05) is 19.9 Å². The third-order valence-electron chi connectivity index (χ3n) is 5.52. The van der Waals surface area contributed by atoms with Gasteiger partial charge in [-0.05, 0) is 55.7 Å². The Labute approximate surface area is 176 Å². The first-order valence-corrected chi connectivity index (χ1v) is 10.5. The van der Waals surface area contributed by atoms with Crippen LogP contribution >= 0.6 is 0 Å². The smallest absolute Gasteiger partial charge is 0.191 e. The van der Waals surface area contributed by atoms with Crippen LogP contribution in [0.5, 0.6) is 11.5 Å². The number of hydrogen-bond acceptors (Lipinski definition) is 4. The molecule has 0 fully saturated rings. The molecule has 0 atom stereocenters. The molecule has 0 amide bonds. The van der Waals surface area contributed by atoms with E-state index in [1.807, 2.05) is 12.1 Å². The Morgan fingerprint density at radius 1 is 1.17 bits per heavy atom. The van der Waals surface area contributed by atoms with E-state index >= 15 is 0 Å². The maximum atomic E-state index is 9.44. The number of allylic oxidation sites excluding steroid dienone is 1. The highest BCUT2D eigenvalue weighted by Gasteiger charge is 2.25. The van der Waals surface area contributed by atoms with Gasteiger partial charge >= 0.3 is 0 Å². The lowest BCUT2D eigenvalue weighted by atomic mass is 9.79. The topological polar surface area (TPSA) is 75.1 Å². The van der Waals surface area contributed by atoms with Crippen LogP contribution in [0.2, 0.25) is 0 Å². The van der Waals surface area contributed by atoms with Crippen molar-refractivity contribution in [2.75, 3.05) is 33.9 Å². The van der Waals surface area contributed by atoms with Crippen LogP contribution in [-0.4, -0.2) is 45.0 Å². The molecule has 0 aromatic heterocycles. The van der Waals surface area contributed by atoms with E-state index < -0.39 is 0 Å². The van der Waals surface area contributed by atoms with Crippen LogP contribution in [-0.2, 0) is 13.0 Å². The number of methoxy groups -OCH3 is 2. The molecule has 0 aliphatic heterocycles. The minimum absolute atomic E-state index is 0.0748. The van der Waals surface area contributed by atoms with Gasteiger partial charge in [0.25, 0.3) is 0 Å². The highest BCUT2D eigenvalue weighted by Crippen LogP contribution is 2.33. The number of aliphatic imine (C=N–C) groups is 1. The molecule has 0 saturated heterocycles. The van der Waals surface area contributed by atoms with Gasteiger partial charge in [0.05, 0.1) is 20.8 Å². The molecule has 0 saturated carbocycles. The van der Waals surface area contributed by atoms with Crippen molar-refractivity contribution in [1.82, 2.24) is 10.6 Å². The van der Waals surface area contributed by atoms with Gasteiger partial charge in [-0.15, -0.1) is 6.58 Å². The van der Waals surface area contributed by atoms with Gasteiger partial charge in [-0.2, -0.15) is 0 Å². The Morgan fingerprint density at radius 3 is 2.41 bits per heavy atom. The number of guanidine groups is 1. The summed E-state index contributed by atoms with van der Waals surface area (Å²) < 4.78 is 11.0. The molecule has 1 aromatic rings. The standard InChI is InChI=1S/C23H39N3O3/c1-7-11-19-14-18(15-20(28-5)21(19)29-6)16-25-22(24-10-4)26-17-23(8-2,9-3)12-13-27/h7,14-15,27H,1,8-13,16-17H2,2-6H3,(H2,24,25,26). The average molecular weight is 406 g/mol. The first kappa shape index (κ1) is 24.8. The molecule has 0 heterocycles. The number of aliphatic hydroxyl groups excluding tert-OH is 1. The first-order chi connectivity index (χ1) is 14.0. The number of aliphatic hydroxyl groups is 1. The Balaban J connectivity index is 3.03. The van der Waals surface area contributed by atoms with Gasteiger partial charge in [0.2, 0.25) is 0 Å². The van der Waals surface area contributed by atoms with Gasteiger partial charge in [0.1, 0.15) is 0 Å². The van der Waals surface area contributed by atoms with E-state index in [1.54, 1.807) is 14.2 Å². The first-order valence-electron chi connectivity index (χ1n) is 10.5. The highest BCUT2D eigenvalue weighted by molar-refractivity contribution is 5.79. The SMILES string of the molecule is C=CCc1cc(CN=C(NCC)NCC(CC)(CC)CCO)cc(OC)c1OC. The molecule has 3 N–H and O–H groups in total. The zero-order chi connectivity index (χ0) is 21.7. The van der Waals surface area contributed by atoms with Crippen molar-refractivity contribution in [2.24, 2.45) is 10.4 Å². The predicted molar refractivity (Wildman–Crippen MR) is 121 cm³/mol. The molecule has 0 bridgehead atoms. The number of nitrogens with one attached hydrogen (secondary N) is 2. The molecule has 0 aliphatic carbocycles. The van der Waals surface area contributed by atoms with Crippen molar-refractivity contribution in [3.63, 3.8) is 0 Å². The Bertz CT molecular complexity index is 655. The van der Waals surface area contributed by atoms with Crippen LogP contribution in [0.1, 0.15) is 51.2 Å². The molecule has 6 nitrogen and oxygen atoms in total. The summed E-state index contributed by atoms with van der Waals surface area (Å²) in [4.78, 5) is 4.76. The summed E-state index contributed by atoms with van der Waals surface area (Å²) >= 11 is 0. The molecular weight excluding hydrogens is 366 g/mol. The van der Waals surface area contributed by atoms with Crippen molar-refractivity contribution in [1.29, 1.82) is 0 Å². The van der Waals surface area contributed by atoms with E-state index in [4.69, 9.17) is 14.5 Å². The summed E-state index contributed by atoms with van der Waals surface area (Å²) in [6, 6.07) is 4.05. The molecular formula is C23H39N3O3. The van der Waals surface area contributed by atoms with Gasteiger partial charge in [0, 0.05) is 25.3 Å². The summed E-state index contributed by atoms with van der Waals surface area (Å²) in [5.74, 6) is 2.22. The fraction of sp³-hybridized carbons (Fsp3) is 0.609. The number of nitrogens with zero attached hydrogens (tertiary/aromatic N) is 1. The van der Waals surface area contributed by atoms with Crippen LogP contribution in [0.25, 0.3) is 0 Å². The minimum atomic E-state index is 0.0748. The Hall–Kier alpha value is -2.21. The number of benzene rings is 1. The second kappa shape index (κ2) is 13.1. The molecule has 6 heteroatoms. The minimum Gasteiger partial charge on any atom is -0.493 e. The Kier molecular flexibility index (Phi) is 11.2. The van der Waals surface area contributed by atoms with E-state index in [1.165, 1.54) is 0 Å². The van der Waals surface area contributed by atoms with Crippen LogP contribution in [0.3, 0.4) is 0 Å². The monoisotopic (exact) mass is 405 g/mol. The fourth-order valence-corrected chi connectivity index (χ4v) is 3.47. The normalized spacial score (nSPS) is 11.9. The van der Waals surface area contributed by atoms with Gasteiger partial charge in [-0.3, -0.25) is 0 Å². The van der Waals surface area contributed by atoms with E-state index in [0.29, 0.717) is 18.7 Å². The number of rotatable bonds is 13. The molecule has 1 aromatic carbocycles. The van der Waals surface area contributed by atoms with E-state index in [9.17, 15) is 5.11 Å². The molecule has 1 rings (SSSR count). The summed E-state index contributed by atoms with van der Waals surface area (Å²) in [5, 5.41) is 16.2. The van der Waals surface area contributed by atoms with E-state index in [0.717, 1.165) is 55.2 Å². The summed E-state index contributed by atoms with van der Waals surface area (Å²) in [6.45, 7) is 12.5. The van der Waals surface area contributed by atoms with Gasteiger partial charge in [0.15, 0.2) is 17.5 Å². The molecule has 0 unspecified atom stereocenters. The lowest BCUT2D eigenvalue weighted by Gasteiger charge is -2.32. The molecule has 164 valence electrons. The van der Waals surface area contributed by atoms with Crippen molar-refractivity contribution in [3.8, 4) is 11.5 Å². The zero-order valence-electron chi connectivity index (χ0n) is 18.8. The summed E-state index contributed by atoms with van der Waals surface area (Å²) in [6.07, 6.45) is 5.36. The lowest BCUT2D eigenvalue weighted by molar-refractivity contribution is 0.169. The van der Waals surface area contributed by atoms with Crippen molar-refractivity contribution in [2.45, 2.75) is 53.0 Å². The predicted octanol–water partition coefficient (Wildman–Crippen LogP) is 3.68. The summed E-state index contributed by atoms with van der Waals surface area (Å²) in [7, 11) is 3.29. The van der Waals surface area contributed by atoms with E-state index in [2.05, 4.69) is 44.1 Å². The van der Waals surface area contributed by atoms with Crippen LogP contribution in [0.15, 0.2) is 29.8 Å². The van der Waals surface area contributed by atoms with Crippen LogP contribution in [0, 0.1) is 5.41 Å². The third kappa shape index (κ3) is 7.28. The van der Waals surface area contributed by atoms with Crippen molar-refractivity contribution in [3.05, 3.63) is 35.9 Å².